The van der Waals surface area contributed by atoms with Crippen molar-refractivity contribution in [3.8, 4) is 11.1 Å². The number of aliphatic imine (C=N–C) groups is 1. The lowest BCUT2D eigenvalue weighted by Gasteiger charge is -2.43. The van der Waals surface area contributed by atoms with Crippen molar-refractivity contribution >= 4 is 23.5 Å². The van der Waals surface area contributed by atoms with Crippen LogP contribution in [-0.4, -0.2) is 28.8 Å². The maximum absolute atomic E-state index is 13.6. The van der Waals surface area contributed by atoms with Crippen LogP contribution in [0.2, 0.25) is 5.02 Å². The Morgan fingerprint density at radius 3 is 2.56 bits per heavy atom. The minimum Gasteiger partial charge on any atom is -0.369 e. The van der Waals surface area contributed by atoms with Crippen LogP contribution in [0.3, 0.4) is 0 Å². The molecule has 0 radical (unpaired) electrons. The first-order valence-corrected chi connectivity index (χ1v) is 11.1. The number of carbonyl (C=O) groups is 1. The maximum atomic E-state index is 13.6. The number of amides is 1. The molecule has 1 amide bonds. The van der Waals surface area contributed by atoms with Gasteiger partial charge in [-0.3, -0.25) is 14.7 Å². The summed E-state index contributed by atoms with van der Waals surface area (Å²) in [6.07, 6.45) is 5.72. The topological polar surface area (TPSA) is 71.6 Å². The van der Waals surface area contributed by atoms with Crippen molar-refractivity contribution in [2.75, 3.05) is 7.05 Å². The van der Waals surface area contributed by atoms with E-state index in [1.165, 1.54) is 10.5 Å². The molecule has 5 rings (SSSR count). The summed E-state index contributed by atoms with van der Waals surface area (Å²) in [5.74, 6) is 0.191. The molecule has 6 heteroatoms. The third kappa shape index (κ3) is 3.37. The van der Waals surface area contributed by atoms with Crippen molar-refractivity contribution in [2.24, 2.45) is 16.1 Å². The van der Waals surface area contributed by atoms with E-state index in [-0.39, 0.29) is 17.3 Å². The summed E-state index contributed by atoms with van der Waals surface area (Å²) in [7, 11) is 1.70. The number of likely N-dealkylation sites (N-methyl/N-ethyl adjacent to an activating group) is 1. The first-order chi connectivity index (χ1) is 15.3. The molecular weight excluding hydrogens is 420 g/mol. The van der Waals surface area contributed by atoms with Crippen LogP contribution in [0.15, 0.2) is 72.0 Å². The third-order valence-electron chi connectivity index (χ3n) is 6.67. The van der Waals surface area contributed by atoms with E-state index in [4.69, 9.17) is 22.3 Å². The summed E-state index contributed by atoms with van der Waals surface area (Å²) in [4.78, 5) is 24.1. The standard InChI is InChI=1S/C26H25ClN4O/c1-25(12-17-6-4-3-5-7-17)13-19-9-8-18(20-10-21(27)15-29-14-20)11-22(19)26(16-25)23(32)31(2)24(28)30-26/h3-11,14-15H,12-13,16H2,1-2H3,(H2,28,30)/t25?,26-/m1/s1. The molecule has 0 bridgehead atoms. The minimum absolute atomic E-state index is 0.0726. The van der Waals surface area contributed by atoms with Crippen molar-refractivity contribution in [3.63, 3.8) is 0 Å². The van der Waals surface area contributed by atoms with E-state index in [1.807, 2.05) is 12.1 Å². The van der Waals surface area contributed by atoms with Crippen LogP contribution in [0.1, 0.15) is 30.0 Å². The van der Waals surface area contributed by atoms with Crippen molar-refractivity contribution in [1.82, 2.24) is 9.88 Å². The van der Waals surface area contributed by atoms with E-state index in [0.29, 0.717) is 11.4 Å². The first-order valence-electron chi connectivity index (χ1n) is 10.7. The van der Waals surface area contributed by atoms with Crippen LogP contribution < -0.4 is 5.73 Å². The number of fused-ring (bicyclic) bond motifs is 2. The van der Waals surface area contributed by atoms with Crippen LogP contribution in [-0.2, 0) is 23.2 Å². The van der Waals surface area contributed by atoms with Crippen LogP contribution in [0.4, 0.5) is 0 Å². The third-order valence-corrected chi connectivity index (χ3v) is 6.88. The highest BCUT2D eigenvalue weighted by Crippen LogP contribution is 2.51. The zero-order chi connectivity index (χ0) is 22.5. The molecule has 1 unspecified atom stereocenters. The minimum atomic E-state index is -1.02. The second-order valence-electron chi connectivity index (χ2n) is 9.28. The summed E-state index contributed by atoms with van der Waals surface area (Å²) < 4.78 is 0. The molecule has 2 aromatic carbocycles. The molecule has 2 atom stereocenters. The first kappa shape index (κ1) is 20.7. The SMILES string of the molecule is CN1C(=O)[C@]2(CC(C)(Cc3ccccc3)Cc3ccc(-c4cncc(Cl)c4)cc32)N=C1N. The second kappa shape index (κ2) is 7.45. The van der Waals surface area contributed by atoms with Crippen LogP contribution in [0.25, 0.3) is 11.1 Å². The fourth-order valence-electron chi connectivity index (χ4n) is 5.30. The Morgan fingerprint density at radius 1 is 1.09 bits per heavy atom. The zero-order valence-corrected chi connectivity index (χ0v) is 18.9. The summed E-state index contributed by atoms with van der Waals surface area (Å²) in [6.45, 7) is 2.25. The number of nitrogens with two attached hydrogens (primary N) is 1. The average molecular weight is 445 g/mol. The predicted octanol–water partition coefficient (Wildman–Crippen LogP) is 4.58. The van der Waals surface area contributed by atoms with E-state index < -0.39 is 5.54 Å². The van der Waals surface area contributed by atoms with Gasteiger partial charge in [0.2, 0.25) is 0 Å². The highest BCUT2D eigenvalue weighted by atomic mass is 35.5. The van der Waals surface area contributed by atoms with Crippen LogP contribution in [0.5, 0.6) is 0 Å². The van der Waals surface area contributed by atoms with Crippen molar-refractivity contribution < 1.29 is 4.79 Å². The second-order valence-corrected chi connectivity index (χ2v) is 9.72. The van der Waals surface area contributed by atoms with Gasteiger partial charge in [0.1, 0.15) is 0 Å². The van der Waals surface area contributed by atoms with E-state index in [2.05, 4.69) is 54.4 Å². The van der Waals surface area contributed by atoms with Gasteiger partial charge in [0.15, 0.2) is 11.5 Å². The van der Waals surface area contributed by atoms with E-state index >= 15 is 0 Å². The maximum Gasteiger partial charge on any atom is 0.261 e. The van der Waals surface area contributed by atoms with Crippen molar-refractivity contribution in [3.05, 3.63) is 88.7 Å². The molecule has 32 heavy (non-hydrogen) atoms. The Morgan fingerprint density at radius 2 is 1.88 bits per heavy atom. The molecule has 0 fully saturated rings. The quantitative estimate of drug-likeness (QED) is 0.642. The summed E-state index contributed by atoms with van der Waals surface area (Å²) in [5, 5.41) is 0.573. The lowest BCUT2D eigenvalue weighted by atomic mass is 9.62. The highest BCUT2D eigenvalue weighted by molar-refractivity contribution is 6.30. The van der Waals surface area contributed by atoms with Crippen LogP contribution in [0, 0.1) is 5.41 Å². The average Bonchev–Trinajstić information content (AvgIpc) is 2.97. The Hall–Kier alpha value is -3.18. The smallest absolute Gasteiger partial charge is 0.261 e. The summed E-state index contributed by atoms with van der Waals surface area (Å²) in [5.41, 5.74) is 10.2. The number of nitrogens with zero attached hydrogens (tertiary/aromatic N) is 3. The van der Waals surface area contributed by atoms with Gasteiger partial charge in [0.05, 0.1) is 5.02 Å². The lowest BCUT2D eigenvalue weighted by Crippen LogP contribution is -2.47. The van der Waals surface area contributed by atoms with Gasteiger partial charge in [-0.2, -0.15) is 0 Å². The fourth-order valence-corrected chi connectivity index (χ4v) is 5.48. The number of aromatic nitrogens is 1. The number of pyridine rings is 1. The van der Waals surface area contributed by atoms with Gasteiger partial charge in [0, 0.05) is 25.0 Å². The fraction of sp³-hybridized carbons (Fsp3) is 0.269. The van der Waals surface area contributed by atoms with Gasteiger partial charge < -0.3 is 5.73 Å². The molecule has 1 aliphatic carbocycles. The van der Waals surface area contributed by atoms with Gasteiger partial charge in [0.25, 0.3) is 5.91 Å². The monoisotopic (exact) mass is 444 g/mol. The Labute approximate surface area is 192 Å². The largest absolute Gasteiger partial charge is 0.369 e. The Bertz CT molecular complexity index is 1240. The Kier molecular flexibility index (Phi) is 4.82. The van der Waals surface area contributed by atoms with Crippen LogP contribution >= 0.6 is 11.6 Å². The van der Waals surface area contributed by atoms with E-state index in [9.17, 15) is 4.79 Å². The molecular formula is C26H25ClN4O. The molecule has 1 aliphatic heterocycles. The molecule has 2 N–H and O–H groups in total. The summed E-state index contributed by atoms with van der Waals surface area (Å²) in [6, 6.07) is 18.6. The molecule has 3 aromatic rings. The van der Waals surface area contributed by atoms with Gasteiger partial charge in [-0.05, 0) is 59.1 Å². The number of benzene rings is 2. The van der Waals surface area contributed by atoms with Gasteiger partial charge in [-0.15, -0.1) is 0 Å². The number of carbonyl (C=O) groups excluding carboxylic acids is 1. The van der Waals surface area contributed by atoms with E-state index in [1.54, 1.807) is 19.4 Å². The highest BCUT2D eigenvalue weighted by Gasteiger charge is 2.55. The zero-order valence-electron chi connectivity index (χ0n) is 18.2. The van der Waals surface area contributed by atoms with Gasteiger partial charge in [-0.25, -0.2) is 4.99 Å². The number of guanidine groups is 1. The van der Waals surface area contributed by atoms with Gasteiger partial charge >= 0.3 is 0 Å². The molecule has 2 aliphatic rings. The lowest BCUT2D eigenvalue weighted by molar-refractivity contribution is -0.132. The molecule has 0 saturated heterocycles. The number of hydrogen-bond donors (Lipinski definition) is 1. The number of halogens is 1. The molecule has 2 heterocycles. The number of rotatable bonds is 3. The molecule has 5 nitrogen and oxygen atoms in total. The summed E-state index contributed by atoms with van der Waals surface area (Å²) >= 11 is 6.17. The predicted molar refractivity (Wildman–Crippen MR) is 127 cm³/mol. The van der Waals surface area contributed by atoms with Gasteiger partial charge in [-0.1, -0.05) is 61.0 Å². The Balaban J connectivity index is 1.65. The van der Waals surface area contributed by atoms with E-state index in [0.717, 1.165) is 35.1 Å². The molecule has 0 saturated carbocycles. The molecule has 1 spiro atoms. The molecule has 162 valence electrons. The molecule has 1 aromatic heterocycles. The number of hydrogen-bond acceptors (Lipinski definition) is 4. The van der Waals surface area contributed by atoms with Crippen molar-refractivity contribution in [2.45, 2.75) is 31.7 Å². The normalized spacial score (nSPS) is 24.5. The van der Waals surface area contributed by atoms with Crippen molar-refractivity contribution in [1.29, 1.82) is 0 Å².